The van der Waals surface area contributed by atoms with Crippen LogP contribution < -0.4 is 0 Å². The largest absolute Gasteiger partial charge is 0.391 e. The molecule has 1 N–H and O–H groups in total. The highest BCUT2D eigenvalue weighted by molar-refractivity contribution is 5.14. The quantitative estimate of drug-likeness (QED) is 0.867. The Kier molecular flexibility index (Phi) is 4.19. The van der Waals surface area contributed by atoms with Gasteiger partial charge < -0.3 is 5.11 Å². The normalized spacial score (nSPS) is 26.4. The molecule has 1 aliphatic heterocycles. The molecule has 1 aromatic carbocycles. The summed E-state index contributed by atoms with van der Waals surface area (Å²) in [5.41, 5.74) is 1.34. The predicted molar refractivity (Wildman–Crippen MR) is 70.7 cm³/mol. The van der Waals surface area contributed by atoms with Gasteiger partial charge in [0.15, 0.2) is 0 Å². The Bertz CT molecular complexity index is 336. The smallest absolute Gasteiger partial charge is 0.0698 e. The van der Waals surface area contributed by atoms with Crippen LogP contribution in [0.1, 0.15) is 25.8 Å². The van der Waals surface area contributed by atoms with Gasteiger partial charge in [0.25, 0.3) is 0 Å². The first-order chi connectivity index (χ1) is 8.16. The molecule has 0 aliphatic carbocycles. The van der Waals surface area contributed by atoms with Gasteiger partial charge in [-0.3, -0.25) is 4.90 Å². The van der Waals surface area contributed by atoms with Gasteiger partial charge in [0.2, 0.25) is 0 Å². The zero-order valence-corrected chi connectivity index (χ0v) is 10.8. The van der Waals surface area contributed by atoms with Crippen LogP contribution in [-0.4, -0.2) is 29.2 Å². The summed E-state index contributed by atoms with van der Waals surface area (Å²) in [6.45, 7) is 7.30. The molecule has 0 bridgehead atoms. The Labute approximate surface area is 104 Å². The fourth-order valence-electron chi connectivity index (χ4n) is 2.78. The van der Waals surface area contributed by atoms with Gasteiger partial charge in [0.1, 0.15) is 0 Å². The average molecular weight is 233 g/mol. The van der Waals surface area contributed by atoms with Gasteiger partial charge in [-0.25, -0.2) is 0 Å². The summed E-state index contributed by atoms with van der Waals surface area (Å²) in [6.07, 6.45) is 0.957. The highest BCUT2D eigenvalue weighted by Crippen LogP contribution is 2.25. The molecule has 1 aliphatic rings. The van der Waals surface area contributed by atoms with E-state index < -0.39 is 0 Å². The van der Waals surface area contributed by atoms with Crippen LogP contribution in [0.2, 0.25) is 0 Å². The highest BCUT2D eigenvalue weighted by Gasteiger charge is 2.29. The number of benzene rings is 1. The van der Waals surface area contributed by atoms with E-state index in [4.69, 9.17) is 0 Å². The van der Waals surface area contributed by atoms with Crippen molar-refractivity contribution in [2.45, 2.75) is 32.9 Å². The van der Waals surface area contributed by atoms with Crippen molar-refractivity contribution in [3.05, 3.63) is 35.9 Å². The average Bonchev–Trinajstić information content (AvgIpc) is 2.30. The summed E-state index contributed by atoms with van der Waals surface area (Å²) in [5.74, 6) is 1.06. The zero-order chi connectivity index (χ0) is 12.3. The van der Waals surface area contributed by atoms with Crippen molar-refractivity contribution < 1.29 is 5.11 Å². The lowest BCUT2D eigenvalue weighted by Crippen LogP contribution is -2.44. The maximum atomic E-state index is 10.1. The van der Waals surface area contributed by atoms with Gasteiger partial charge >= 0.3 is 0 Å². The maximum absolute atomic E-state index is 10.1. The van der Waals surface area contributed by atoms with Crippen molar-refractivity contribution in [2.24, 2.45) is 11.8 Å². The fourth-order valence-corrected chi connectivity index (χ4v) is 2.78. The minimum absolute atomic E-state index is 0.160. The third kappa shape index (κ3) is 3.30. The standard InChI is InChI=1S/C15H23NO/c1-12(2)14-8-9-16(11-15(14)17)10-13-6-4-3-5-7-13/h3-7,12,14-15,17H,8-11H2,1-2H3. The van der Waals surface area contributed by atoms with Crippen molar-refractivity contribution in [1.29, 1.82) is 0 Å². The van der Waals surface area contributed by atoms with Crippen LogP contribution in [0.4, 0.5) is 0 Å². The van der Waals surface area contributed by atoms with Crippen molar-refractivity contribution in [2.75, 3.05) is 13.1 Å². The first kappa shape index (κ1) is 12.6. The molecular formula is C15H23NO. The molecule has 0 saturated carbocycles. The molecular weight excluding hydrogens is 210 g/mol. The second-order valence-corrected chi connectivity index (χ2v) is 5.48. The topological polar surface area (TPSA) is 23.5 Å². The molecule has 1 fully saturated rings. The molecule has 1 aromatic rings. The molecule has 2 rings (SSSR count). The highest BCUT2D eigenvalue weighted by atomic mass is 16.3. The van der Waals surface area contributed by atoms with E-state index in [1.807, 2.05) is 6.07 Å². The molecule has 2 atom stereocenters. The van der Waals surface area contributed by atoms with Crippen LogP contribution in [0.15, 0.2) is 30.3 Å². The number of aliphatic hydroxyl groups is 1. The molecule has 0 aromatic heterocycles. The summed E-state index contributed by atoms with van der Waals surface area (Å²) >= 11 is 0. The first-order valence-corrected chi connectivity index (χ1v) is 6.61. The van der Waals surface area contributed by atoms with Gasteiger partial charge in [-0.2, -0.15) is 0 Å². The number of hydrogen-bond donors (Lipinski definition) is 1. The van der Waals surface area contributed by atoms with Crippen LogP contribution >= 0.6 is 0 Å². The summed E-state index contributed by atoms with van der Waals surface area (Å²) in [7, 11) is 0. The Morgan fingerprint density at radius 3 is 2.59 bits per heavy atom. The van der Waals surface area contributed by atoms with E-state index >= 15 is 0 Å². The Balaban J connectivity index is 1.90. The van der Waals surface area contributed by atoms with Crippen molar-refractivity contribution >= 4 is 0 Å². The number of nitrogens with zero attached hydrogens (tertiary/aromatic N) is 1. The van der Waals surface area contributed by atoms with Gasteiger partial charge in [-0.05, 0) is 30.4 Å². The lowest BCUT2D eigenvalue weighted by Gasteiger charge is -2.37. The Morgan fingerprint density at radius 1 is 1.29 bits per heavy atom. The maximum Gasteiger partial charge on any atom is 0.0698 e. The molecule has 17 heavy (non-hydrogen) atoms. The second-order valence-electron chi connectivity index (χ2n) is 5.48. The van der Waals surface area contributed by atoms with E-state index in [2.05, 4.69) is 43.0 Å². The summed E-state index contributed by atoms with van der Waals surface area (Å²) < 4.78 is 0. The molecule has 2 nitrogen and oxygen atoms in total. The van der Waals surface area contributed by atoms with Gasteiger partial charge in [-0.15, -0.1) is 0 Å². The second kappa shape index (κ2) is 5.65. The minimum Gasteiger partial charge on any atom is -0.391 e. The number of likely N-dealkylation sites (tertiary alicyclic amines) is 1. The SMILES string of the molecule is CC(C)C1CCN(Cc2ccccc2)CC1O. The van der Waals surface area contributed by atoms with Crippen molar-refractivity contribution in [3.63, 3.8) is 0 Å². The van der Waals surface area contributed by atoms with E-state index in [0.29, 0.717) is 11.8 Å². The van der Waals surface area contributed by atoms with E-state index in [-0.39, 0.29) is 6.10 Å². The third-order valence-corrected chi connectivity index (χ3v) is 3.82. The molecule has 2 heteroatoms. The monoisotopic (exact) mass is 233 g/mol. The Hall–Kier alpha value is -0.860. The molecule has 2 unspecified atom stereocenters. The number of rotatable bonds is 3. The molecule has 1 saturated heterocycles. The van der Waals surface area contributed by atoms with Gasteiger partial charge in [-0.1, -0.05) is 44.2 Å². The van der Waals surface area contributed by atoms with Crippen LogP contribution in [0.5, 0.6) is 0 Å². The van der Waals surface area contributed by atoms with Crippen LogP contribution in [-0.2, 0) is 6.54 Å². The van der Waals surface area contributed by atoms with Crippen LogP contribution in [0.25, 0.3) is 0 Å². The molecule has 0 amide bonds. The Morgan fingerprint density at radius 2 is 2.00 bits per heavy atom. The predicted octanol–water partition coefficient (Wildman–Crippen LogP) is 2.53. The molecule has 1 heterocycles. The molecule has 0 spiro atoms. The van der Waals surface area contributed by atoms with Crippen molar-refractivity contribution in [3.8, 4) is 0 Å². The third-order valence-electron chi connectivity index (χ3n) is 3.82. The summed E-state index contributed by atoms with van der Waals surface area (Å²) in [6, 6.07) is 10.5. The number of β-amino-alcohol motifs (C(OH)–C–C–N with tert-alkyl or cyclic N) is 1. The lowest BCUT2D eigenvalue weighted by molar-refractivity contribution is 0.000185. The zero-order valence-electron chi connectivity index (χ0n) is 10.8. The minimum atomic E-state index is -0.160. The van der Waals surface area contributed by atoms with Gasteiger partial charge in [0.05, 0.1) is 6.10 Å². The number of hydrogen-bond acceptors (Lipinski definition) is 2. The molecule has 0 radical (unpaired) electrons. The van der Waals surface area contributed by atoms with Crippen LogP contribution in [0.3, 0.4) is 0 Å². The molecule has 94 valence electrons. The van der Waals surface area contributed by atoms with E-state index in [1.165, 1.54) is 5.56 Å². The fraction of sp³-hybridized carbons (Fsp3) is 0.600. The summed E-state index contributed by atoms with van der Waals surface area (Å²) in [5, 5.41) is 10.1. The first-order valence-electron chi connectivity index (χ1n) is 6.61. The van der Waals surface area contributed by atoms with Gasteiger partial charge in [0, 0.05) is 13.1 Å². The van der Waals surface area contributed by atoms with Crippen LogP contribution in [0, 0.1) is 11.8 Å². The lowest BCUT2D eigenvalue weighted by atomic mass is 9.84. The van der Waals surface area contributed by atoms with E-state index in [0.717, 1.165) is 26.1 Å². The van der Waals surface area contributed by atoms with Crippen molar-refractivity contribution in [1.82, 2.24) is 4.90 Å². The number of aliphatic hydroxyl groups excluding tert-OH is 1. The van der Waals surface area contributed by atoms with E-state index in [9.17, 15) is 5.11 Å². The number of piperidine rings is 1. The van der Waals surface area contributed by atoms with E-state index in [1.54, 1.807) is 0 Å². The summed E-state index contributed by atoms with van der Waals surface area (Å²) in [4.78, 5) is 2.36.